The summed E-state index contributed by atoms with van der Waals surface area (Å²) in [5.74, 6) is 0.249. The van der Waals surface area contributed by atoms with Gasteiger partial charge < -0.3 is 14.4 Å². The molecule has 29 heavy (non-hydrogen) atoms. The van der Waals surface area contributed by atoms with Crippen molar-refractivity contribution in [1.29, 1.82) is 0 Å². The van der Waals surface area contributed by atoms with Gasteiger partial charge in [0, 0.05) is 29.8 Å². The van der Waals surface area contributed by atoms with Crippen LogP contribution in [0.4, 0.5) is 0 Å². The molecule has 2 aromatic heterocycles. The number of benzene rings is 1. The molecule has 0 spiro atoms. The molecule has 3 heterocycles. The van der Waals surface area contributed by atoms with Gasteiger partial charge in [-0.1, -0.05) is 17.7 Å². The Morgan fingerprint density at radius 1 is 1.34 bits per heavy atom. The van der Waals surface area contributed by atoms with Crippen LogP contribution in [-0.2, 0) is 24.1 Å². The van der Waals surface area contributed by atoms with Crippen molar-refractivity contribution in [2.24, 2.45) is 0 Å². The van der Waals surface area contributed by atoms with Crippen LogP contribution in [0.3, 0.4) is 0 Å². The van der Waals surface area contributed by atoms with Gasteiger partial charge in [0.2, 0.25) is 5.82 Å². The van der Waals surface area contributed by atoms with Crippen molar-refractivity contribution in [1.82, 2.24) is 14.9 Å². The van der Waals surface area contributed by atoms with Gasteiger partial charge >= 0.3 is 5.97 Å². The predicted molar refractivity (Wildman–Crippen MR) is 114 cm³/mol. The number of carbonyl (C=O) groups is 1. The second-order valence-corrected chi connectivity index (χ2v) is 8.52. The minimum absolute atomic E-state index is 0.112. The Balaban J connectivity index is 1.83. The smallest absolute Gasteiger partial charge is 0.376 e. The maximum atomic E-state index is 12.3. The molecule has 1 aliphatic heterocycles. The SMILES string of the molecule is CCOC(=O)c1nc(Cc2ccc(OC)c(Cl)c2)c2c3c(sc2n1)CN(C)CC3. The number of rotatable bonds is 5. The molecule has 0 saturated carbocycles. The average Bonchev–Trinajstić information content (AvgIpc) is 3.05. The Morgan fingerprint density at radius 2 is 2.17 bits per heavy atom. The Hall–Kier alpha value is -2.22. The van der Waals surface area contributed by atoms with Gasteiger partial charge in [-0.05, 0) is 43.7 Å². The van der Waals surface area contributed by atoms with Crippen LogP contribution in [0.5, 0.6) is 5.75 Å². The fourth-order valence-corrected chi connectivity index (χ4v) is 5.23. The van der Waals surface area contributed by atoms with E-state index in [4.69, 9.17) is 21.1 Å². The largest absolute Gasteiger partial charge is 0.495 e. The van der Waals surface area contributed by atoms with Crippen molar-refractivity contribution in [3.8, 4) is 5.75 Å². The highest BCUT2D eigenvalue weighted by molar-refractivity contribution is 7.18. The summed E-state index contributed by atoms with van der Waals surface area (Å²) in [6, 6.07) is 5.70. The number of fused-ring (bicyclic) bond motifs is 3. The molecule has 0 amide bonds. The zero-order chi connectivity index (χ0) is 20.5. The number of methoxy groups -OCH3 is 1. The molecule has 0 saturated heterocycles. The fraction of sp³-hybridized carbons (Fsp3) is 0.381. The molecule has 0 radical (unpaired) electrons. The molecule has 0 fully saturated rings. The summed E-state index contributed by atoms with van der Waals surface area (Å²) >= 11 is 7.95. The highest BCUT2D eigenvalue weighted by Gasteiger charge is 2.25. The summed E-state index contributed by atoms with van der Waals surface area (Å²) in [6.07, 6.45) is 1.50. The summed E-state index contributed by atoms with van der Waals surface area (Å²) in [4.78, 5) is 25.9. The van der Waals surface area contributed by atoms with E-state index in [-0.39, 0.29) is 12.4 Å². The van der Waals surface area contributed by atoms with Crippen molar-refractivity contribution in [2.45, 2.75) is 26.3 Å². The van der Waals surface area contributed by atoms with Crippen LogP contribution in [-0.4, -0.2) is 48.1 Å². The van der Waals surface area contributed by atoms with E-state index < -0.39 is 5.97 Å². The predicted octanol–water partition coefficient (Wildman–Crippen LogP) is 4.11. The standard InChI is InChI=1S/C21H22ClN3O3S/c1-4-28-21(26)19-23-15(10-12-5-6-16(27-3)14(22)9-12)18-13-7-8-25(2)11-17(13)29-20(18)24-19/h5-6,9H,4,7-8,10-11H2,1-3H3. The topological polar surface area (TPSA) is 64.5 Å². The third-order valence-corrected chi connectivity index (χ3v) is 6.42. The highest BCUT2D eigenvalue weighted by atomic mass is 35.5. The first kappa shape index (κ1) is 20.1. The third-order valence-electron chi connectivity index (χ3n) is 5.01. The first-order chi connectivity index (χ1) is 14.0. The van der Waals surface area contributed by atoms with Crippen molar-refractivity contribution < 1.29 is 14.3 Å². The summed E-state index contributed by atoms with van der Waals surface area (Å²) in [5, 5.41) is 1.62. The van der Waals surface area contributed by atoms with Gasteiger partial charge in [0.25, 0.3) is 0 Å². The lowest BCUT2D eigenvalue weighted by Gasteiger charge is -2.22. The number of hydrogen-bond donors (Lipinski definition) is 0. The quantitative estimate of drug-likeness (QED) is 0.566. The van der Waals surface area contributed by atoms with Gasteiger partial charge in [0.1, 0.15) is 10.6 Å². The van der Waals surface area contributed by atoms with E-state index in [1.54, 1.807) is 25.4 Å². The highest BCUT2D eigenvalue weighted by Crippen LogP contribution is 2.36. The number of nitrogens with zero attached hydrogens (tertiary/aromatic N) is 3. The number of ether oxygens (including phenoxy) is 2. The molecule has 8 heteroatoms. The minimum Gasteiger partial charge on any atom is -0.495 e. The van der Waals surface area contributed by atoms with Crippen molar-refractivity contribution in [3.05, 3.63) is 50.7 Å². The molecule has 4 rings (SSSR count). The third kappa shape index (κ3) is 3.95. The normalized spacial score (nSPS) is 14.1. The van der Waals surface area contributed by atoms with Crippen molar-refractivity contribution in [3.63, 3.8) is 0 Å². The number of carbonyl (C=O) groups excluding carboxylic acids is 1. The lowest BCUT2D eigenvalue weighted by Crippen LogP contribution is -2.25. The van der Waals surface area contributed by atoms with Gasteiger partial charge in [-0.15, -0.1) is 11.3 Å². The van der Waals surface area contributed by atoms with Crippen LogP contribution in [0.15, 0.2) is 18.2 Å². The van der Waals surface area contributed by atoms with E-state index in [2.05, 4.69) is 21.9 Å². The first-order valence-electron chi connectivity index (χ1n) is 9.49. The van der Waals surface area contributed by atoms with Crippen LogP contribution in [0.1, 0.15) is 39.2 Å². The van der Waals surface area contributed by atoms with Gasteiger partial charge in [-0.3, -0.25) is 0 Å². The van der Waals surface area contributed by atoms with Crippen LogP contribution < -0.4 is 4.74 Å². The second-order valence-electron chi connectivity index (χ2n) is 7.03. The summed E-state index contributed by atoms with van der Waals surface area (Å²) in [6.45, 7) is 3.94. The Bertz CT molecular complexity index is 1080. The Labute approximate surface area is 178 Å². The van der Waals surface area contributed by atoms with Crippen LogP contribution in [0.2, 0.25) is 5.02 Å². The number of halogens is 1. The molecular formula is C21H22ClN3O3S. The lowest BCUT2D eigenvalue weighted by molar-refractivity contribution is 0.0512. The van der Waals surface area contributed by atoms with Gasteiger partial charge in [-0.2, -0.15) is 0 Å². The molecule has 152 valence electrons. The van der Waals surface area contributed by atoms with E-state index in [1.165, 1.54) is 10.4 Å². The average molecular weight is 432 g/mol. The van der Waals surface area contributed by atoms with Crippen molar-refractivity contribution in [2.75, 3.05) is 27.3 Å². The monoisotopic (exact) mass is 431 g/mol. The van der Waals surface area contributed by atoms with Gasteiger partial charge in [-0.25, -0.2) is 14.8 Å². The molecule has 0 aliphatic carbocycles. The molecule has 0 atom stereocenters. The second kappa shape index (κ2) is 8.26. The van der Waals surface area contributed by atoms with Crippen molar-refractivity contribution >= 4 is 39.1 Å². The lowest BCUT2D eigenvalue weighted by atomic mass is 10.0. The molecule has 0 unspecified atom stereocenters. The summed E-state index contributed by atoms with van der Waals surface area (Å²) in [5.41, 5.74) is 3.13. The van der Waals surface area contributed by atoms with Crippen LogP contribution in [0.25, 0.3) is 10.2 Å². The Morgan fingerprint density at radius 3 is 2.90 bits per heavy atom. The van der Waals surface area contributed by atoms with Gasteiger partial charge in [0.05, 0.1) is 24.4 Å². The molecular weight excluding hydrogens is 410 g/mol. The maximum absolute atomic E-state index is 12.3. The van der Waals surface area contributed by atoms with E-state index in [9.17, 15) is 4.79 Å². The fourth-order valence-electron chi connectivity index (χ4n) is 3.63. The Kier molecular flexibility index (Phi) is 5.72. The number of esters is 1. The van der Waals surface area contributed by atoms with Crippen LogP contribution >= 0.6 is 22.9 Å². The van der Waals surface area contributed by atoms with E-state index in [1.807, 2.05) is 18.2 Å². The zero-order valence-corrected chi connectivity index (χ0v) is 18.2. The molecule has 3 aromatic rings. The number of likely N-dealkylation sites (N-methyl/N-ethyl adjacent to an activating group) is 1. The number of hydrogen-bond acceptors (Lipinski definition) is 7. The maximum Gasteiger partial charge on any atom is 0.376 e. The summed E-state index contributed by atoms with van der Waals surface area (Å²) < 4.78 is 10.4. The zero-order valence-electron chi connectivity index (χ0n) is 16.6. The number of thiophene rings is 1. The minimum atomic E-state index is -0.494. The molecule has 0 bridgehead atoms. The van der Waals surface area contributed by atoms with E-state index in [0.717, 1.165) is 41.0 Å². The number of aromatic nitrogens is 2. The van der Waals surface area contributed by atoms with E-state index >= 15 is 0 Å². The molecule has 1 aliphatic rings. The molecule has 0 N–H and O–H groups in total. The molecule has 1 aromatic carbocycles. The first-order valence-corrected chi connectivity index (χ1v) is 10.7. The van der Waals surface area contributed by atoms with Crippen LogP contribution in [0, 0.1) is 0 Å². The van der Waals surface area contributed by atoms with E-state index in [0.29, 0.717) is 17.2 Å². The molecule has 6 nitrogen and oxygen atoms in total. The summed E-state index contributed by atoms with van der Waals surface area (Å²) in [7, 11) is 3.71. The van der Waals surface area contributed by atoms with Gasteiger partial charge in [0.15, 0.2) is 0 Å².